The van der Waals surface area contributed by atoms with Crippen LogP contribution < -0.4 is 10.1 Å². The van der Waals surface area contributed by atoms with Crippen molar-refractivity contribution < 1.29 is 9.53 Å². The Morgan fingerprint density at radius 1 is 1.31 bits per heavy atom. The molecule has 32 heavy (non-hydrogen) atoms. The van der Waals surface area contributed by atoms with Gasteiger partial charge in [-0.05, 0) is 55.9 Å². The Morgan fingerprint density at radius 2 is 2.16 bits per heavy atom. The Kier molecular flexibility index (Phi) is 7.12. The summed E-state index contributed by atoms with van der Waals surface area (Å²) in [6.45, 7) is 2.31. The van der Waals surface area contributed by atoms with Crippen LogP contribution in [0.5, 0.6) is 5.75 Å². The molecular weight excluding hydrogens is 442 g/mol. The molecule has 4 rings (SSSR count). The van der Waals surface area contributed by atoms with E-state index in [0.29, 0.717) is 28.2 Å². The standard InChI is InChI=1S/C23H25N5O2S2/c1-15-7-6-8-16(11-15)30-13-20-26-27-23(28(20)2)31-14-21(29)25-22-18(12-24)17-9-4-3-5-10-19(17)32-22/h6-8,11H,3-5,9-10,13-14H2,1-2H3,(H,25,29). The second-order valence-electron chi connectivity index (χ2n) is 7.78. The summed E-state index contributed by atoms with van der Waals surface area (Å²) in [5.41, 5.74) is 2.90. The molecule has 7 nitrogen and oxygen atoms in total. The molecule has 0 saturated heterocycles. The fraction of sp³-hybridized carbons (Fsp3) is 0.391. The van der Waals surface area contributed by atoms with Crippen molar-refractivity contribution in [2.75, 3.05) is 11.1 Å². The zero-order valence-corrected chi connectivity index (χ0v) is 19.8. The van der Waals surface area contributed by atoms with Crippen LogP contribution in [-0.4, -0.2) is 26.4 Å². The number of carbonyl (C=O) groups excluding carboxylic acids is 1. The fourth-order valence-electron chi connectivity index (χ4n) is 3.69. The van der Waals surface area contributed by atoms with Gasteiger partial charge in [0.2, 0.25) is 5.91 Å². The number of nitriles is 1. The van der Waals surface area contributed by atoms with Gasteiger partial charge >= 0.3 is 0 Å². The van der Waals surface area contributed by atoms with Crippen molar-refractivity contribution >= 4 is 34.0 Å². The summed E-state index contributed by atoms with van der Waals surface area (Å²) < 4.78 is 7.64. The first kappa shape index (κ1) is 22.4. The lowest BCUT2D eigenvalue weighted by atomic mass is 10.1. The topological polar surface area (TPSA) is 92.8 Å². The van der Waals surface area contributed by atoms with Crippen LogP contribution in [0.2, 0.25) is 0 Å². The maximum Gasteiger partial charge on any atom is 0.235 e. The number of fused-ring (bicyclic) bond motifs is 1. The second kappa shape index (κ2) is 10.2. The number of aromatic nitrogens is 3. The van der Waals surface area contributed by atoms with E-state index in [1.54, 1.807) is 11.3 Å². The molecule has 9 heteroatoms. The van der Waals surface area contributed by atoms with Crippen LogP contribution in [-0.2, 0) is 31.3 Å². The van der Waals surface area contributed by atoms with Crippen molar-refractivity contribution in [2.45, 2.75) is 50.8 Å². The number of benzene rings is 1. The normalized spacial score (nSPS) is 13.2. The van der Waals surface area contributed by atoms with Gasteiger partial charge in [-0.3, -0.25) is 4.79 Å². The highest BCUT2D eigenvalue weighted by atomic mass is 32.2. The monoisotopic (exact) mass is 467 g/mol. The number of ether oxygens (including phenoxy) is 1. The molecule has 2 aromatic heterocycles. The molecule has 166 valence electrons. The van der Waals surface area contributed by atoms with Gasteiger partial charge in [0.05, 0.1) is 11.3 Å². The van der Waals surface area contributed by atoms with Gasteiger partial charge in [0.1, 0.15) is 23.4 Å². The summed E-state index contributed by atoms with van der Waals surface area (Å²) in [4.78, 5) is 13.8. The summed E-state index contributed by atoms with van der Waals surface area (Å²) in [5, 5.41) is 22.3. The first-order valence-corrected chi connectivity index (χ1v) is 12.4. The van der Waals surface area contributed by atoms with Crippen molar-refractivity contribution in [2.24, 2.45) is 7.05 Å². The minimum absolute atomic E-state index is 0.150. The van der Waals surface area contributed by atoms with Gasteiger partial charge in [0, 0.05) is 11.9 Å². The number of carbonyl (C=O) groups is 1. The summed E-state index contributed by atoms with van der Waals surface area (Å²) >= 11 is 2.86. The Hall–Kier alpha value is -2.83. The van der Waals surface area contributed by atoms with Crippen LogP contribution in [0.3, 0.4) is 0 Å². The molecule has 1 amide bonds. The van der Waals surface area contributed by atoms with Gasteiger partial charge in [-0.2, -0.15) is 5.26 Å². The number of aryl methyl sites for hydroxylation is 2. The maximum atomic E-state index is 12.6. The third kappa shape index (κ3) is 5.14. The SMILES string of the molecule is Cc1cccc(OCc2nnc(SCC(=O)Nc3sc4c(c3C#N)CCCCC4)n2C)c1. The molecule has 0 saturated carbocycles. The third-order valence-electron chi connectivity index (χ3n) is 5.40. The van der Waals surface area contributed by atoms with Gasteiger partial charge in [0.25, 0.3) is 0 Å². The van der Waals surface area contributed by atoms with Gasteiger partial charge in [-0.15, -0.1) is 21.5 Å². The number of hydrogen-bond acceptors (Lipinski definition) is 7. The Balaban J connectivity index is 1.34. The molecule has 0 aliphatic heterocycles. The molecule has 1 aliphatic rings. The molecule has 1 aromatic carbocycles. The van der Waals surface area contributed by atoms with Gasteiger partial charge in [0.15, 0.2) is 11.0 Å². The smallest absolute Gasteiger partial charge is 0.235 e. The summed E-state index contributed by atoms with van der Waals surface area (Å²) in [5.74, 6) is 1.51. The molecule has 0 radical (unpaired) electrons. The van der Waals surface area contributed by atoms with E-state index in [-0.39, 0.29) is 11.7 Å². The lowest BCUT2D eigenvalue weighted by Gasteiger charge is -2.07. The average Bonchev–Trinajstić information content (AvgIpc) is 3.20. The highest BCUT2D eigenvalue weighted by molar-refractivity contribution is 7.99. The molecule has 0 unspecified atom stereocenters. The van der Waals surface area contributed by atoms with E-state index in [2.05, 4.69) is 21.6 Å². The predicted octanol–water partition coefficient (Wildman–Crippen LogP) is 4.64. The van der Waals surface area contributed by atoms with E-state index < -0.39 is 0 Å². The number of hydrogen-bond donors (Lipinski definition) is 1. The number of nitrogens with zero attached hydrogens (tertiary/aromatic N) is 4. The van der Waals surface area contributed by atoms with Crippen LogP contribution in [0.4, 0.5) is 5.00 Å². The lowest BCUT2D eigenvalue weighted by Crippen LogP contribution is -2.14. The van der Waals surface area contributed by atoms with Crippen LogP contribution in [0.15, 0.2) is 29.4 Å². The van der Waals surface area contributed by atoms with Crippen molar-refractivity contribution in [1.82, 2.24) is 14.8 Å². The number of thioether (sulfide) groups is 1. The first-order chi connectivity index (χ1) is 15.5. The molecule has 0 fully saturated rings. The molecule has 3 aromatic rings. The van der Waals surface area contributed by atoms with Crippen LogP contribution in [0.1, 0.15) is 46.7 Å². The summed E-state index contributed by atoms with van der Waals surface area (Å²) in [6, 6.07) is 10.1. The van der Waals surface area contributed by atoms with Gasteiger partial charge < -0.3 is 14.6 Å². The lowest BCUT2D eigenvalue weighted by molar-refractivity contribution is -0.113. The van der Waals surface area contributed by atoms with Crippen LogP contribution in [0.25, 0.3) is 0 Å². The summed E-state index contributed by atoms with van der Waals surface area (Å²) in [6.07, 6.45) is 5.35. The highest BCUT2D eigenvalue weighted by Crippen LogP contribution is 2.37. The van der Waals surface area contributed by atoms with E-state index in [1.807, 2.05) is 42.8 Å². The first-order valence-electron chi connectivity index (χ1n) is 10.6. The Bertz CT molecular complexity index is 1160. The number of anilines is 1. The van der Waals surface area contributed by atoms with E-state index >= 15 is 0 Å². The minimum atomic E-state index is -0.150. The molecule has 1 aliphatic carbocycles. The maximum absolute atomic E-state index is 12.6. The minimum Gasteiger partial charge on any atom is -0.486 e. The number of thiophene rings is 1. The van der Waals surface area contributed by atoms with E-state index in [4.69, 9.17) is 4.74 Å². The molecule has 0 bridgehead atoms. The van der Waals surface area contributed by atoms with E-state index in [0.717, 1.165) is 42.6 Å². The van der Waals surface area contributed by atoms with Crippen molar-refractivity contribution in [1.29, 1.82) is 5.26 Å². The number of nitrogens with one attached hydrogen (secondary N) is 1. The molecule has 2 heterocycles. The highest BCUT2D eigenvalue weighted by Gasteiger charge is 2.21. The zero-order valence-electron chi connectivity index (χ0n) is 18.2. The molecular formula is C23H25N5O2S2. The molecule has 1 N–H and O–H groups in total. The number of amides is 1. The van der Waals surface area contributed by atoms with Crippen molar-refractivity contribution in [3.8, 4) is 11.8 Å². The predicted molar refractivity (Wildman–Crippen MR) is 126 cm³/mol. The number of rotatable bonds is 7. The average molecular weight is 468 g/mol. The Labute approximate surface area is 195 Å². The van der Waals surface area contributed by atoms with Gasteiger partial charge in [-0.1, -0.05) is 30.3 Å². The van der Waals surface area contributed by atoms with Crippen LogP contribution >= 0.6 is 23.1 Å². The fourth-order valence-corrected chi connectivity index (χ4v) is 5.68. The quantitative estimate of drug-likeness (QED) is 0.402. The van der Waals surface area contributed by atoms with E-state index in [9.17, 15) is 10.1 Å². The summed E-state index contributed by atoms with van der Waals surface area (Å²) in [7, 11) is 1.86. The van der Waals surface area contributed by atoms with Crippen molar-refractivity contribution in [3.63, 3.8) is 0 Å². The van der Waals surface area contributed by atoms with Crippen molar-refractivity contribution in [3.05, 3.63) is 51.7 Å². The largest absolute Gasteiger partial charge is 0.486 e. The molecule has 0 spiro atoms. The zero-order chi connectivity index (χ0) is 22.5. The Morgan fingerprint density at radius 3 is 2.97 bits per heavy atom. The van der Waals surface area contributed by atoms with Crippen LogP contribution in [0, 0.1) is 18.3 Å². The third-order valence-corrected chi connectivity index (χ3v) is 7.63. The molecule has 0 atom stereocenters. The van der Waals surface area contributed by atoms with Gasteiger partial charge in [-0.25, -0.2) is 0 Å². The second-order valence-corrected chi connectivity index (χ2v) is 9.83. The van der Waals surface area contributed by atoms with E-state index in [1.165, 1.54) is 23.1 Å².